The Morgan fingerprint density at radius 1 is 0.944 bits per heavy atom. The summed E-state index contributed by atoms with van der Waals surface area (Å²) in [5.41, 5.74) is 2.48. The molecule has 36 heavy (non-hydrogen) atoms. The van der Waals surface area contributed by atoms with Crippen molar-refractivity contribution >= 4 is 31.5 Å². The highest BCUT2D eigenvalue weighted by atomic mass is 28.3. The van der Waals surface area contributed by atoms with Gasteiger partial charge in [0.15, 0.2) is 6.29 Å². The number of hydrogen-bond acceptors (Lipinski definition) is 7. The molecular weight excluding hydrogens is 474 g/mol. The fourth-order valence-electron chi connectivity index (χ4n) is 4.67. The van der Waals surface area contributed by atoms with Crippen LogP contribution in [0.1, 0.15) is 63.5 Å². The number of nitrogens with zero attached hydrogens (tertiary/aromatic N) is 1. The summed E-state index contributed by atoms with van der Waals surface area (Å²) in [5, 5.41) is 2.47. The Labute approximate surface area is 214 Å². The van der Waals surface area contributed by atoms with Gasteiger partial charge < -0.3 is 14.3 Å². The predicted octanol–water partition coefficient (Wildman–Crippen LogP) is 5.01. The highest BCUT2D eigenvalue weighted by molar-refractivity contribution is 6.93. The van der Waals surface area contributed by atoms with Crippen molar-refractivity contribution in [3.05, 3.63) is 52.8 Å². The number of methoxy groups -OCH3 is 2. The molecule has 0 fully saturated rings. The number of esters is 2. The summed E-state index contributed by atoms with van der Waals surface area (Å²) in [5.74, 6) is -1.65. The lowest BCUT2D eigenvalue weighted by molar-refractivity contribution is -0.188. The van der Waals surface area contributed by atoms with Crippen LogP contribution in [0.4, 0.5) is 0 Å². The molecule has 1 heterocycles. The second-order valence-corrected chi connectivity index (χ2v) is 16.9. The summed E-state index contributed by atoms with van der Waals surface area (Å²) in [6, 6.07) is 8.80. The van der Waals surface area contributed by atoms with E-state index in [4.69, 9.17) is 14.3 Å². The Kier molecular flexibility index (Phi) is 7.27. The molecule has 0 saturated heterocycles. The van der Waals surface area contributed by atoms with E-state index in [-0.39, 0.29) is 16.4 Å². The molecule has 1 unspecified atom stereocenters. The second kappa shape index (κ2) is 9.48. The average molecular weight is 512 g/mol. The number of fused-ring (bicyclic) bond motifs is 1. The maximum absolute atomic E-state index is 13.3. The molecule has 1 atom stereocenters. The van der Waals surface area contributed by atoms with Crippen molar-refractivity contribution in [3.8, 4) is 11.1 Å². The molecule has 0 radical (unpaired) electrons. The van der Waals surface area contributed by atoms with E-state index < -0.39 is 31.6 Å². The van der Waals surface area contributed by atoms with Crippen LogP contribution in [0, 0.1) is 0 Å². The third-order valence-electron chi connectivity index (χ3n) is 7.43. The van der Waals surface area contributed by atoms with E-state index >= 15 is 0 Å². The summed E-state index contributed by atoms with van der Waals surface area (Å²) >= 11 is 0. The van der Waals surface area contributed by atoms with Gasteiger partial charge in [0, 0.05) is 11.1 Å². The number of carbonyl (C=O) groups is 3. The molecule has 3 aliphatic rings. The highest BCUT2D eigenvalue weighted by Crippen LogP contribution is 2.50. The number of ether oxygens (including phenoxy) is 2. The smallest absolute Gasteiger partial charge is 0.376 e. The van der Waals surface area contributed by atoms with Gasteiger partial charge in [-0.3, -0.25) is 4.79 Å². The summed E-state index contributed by atoms with van der Waals surface area (Å²) < 4.78 is 10.1. The van der Waals surface area contributed by atoms with Gasteiger partial charge in [-0.25, -0.2) is 9.59 Å². The summed E-state index contributed by atoms with van der Waals surface area (Å²) in [6.07, 6.45) is 0.918. The van der Waals surface area contributed by atoms with Gasteiger partial charge in [0.05, 0.1) is 22.3 Å². The van der Waals surface area contributed by atoms with E-state index in [2.05, 4.69) is 33.9 Å². The molecule has 1 aliphatic heterocycles. The molecule has 0 spiro atoms. The van der Waals surface area contributed by atoms with Crippen molar-refractivity contribution in [1.82, 2.24) is 5.06 Å². The van der Waals surface area contributed by atoms with Gasteiger partial charge in [-0.2, -0.15) is 0 Å². The Balaban J connectivity index is 2.59. The standard InChI is InChI=1S/C28H37NO6Si/c1-27(2,3)29-22(21(25(31)33-7)23(35-29)26(32)34-8)20-18-15-13-11-12-14-17(18)19(16-30)24(20)36(9,10)28(4,5)6/h11-16,22H,1-10H3. The Hall–Kier alpha value is -2.97. The first-order valence-electron chi connectivity index (χ1n) is 12.0. The van der Waals surface area contributed by atoms with Crippen LogP contribution in [0.3, 0.4) is 0 Å². The molecule has 0 N–H and O–H groups in total. The van der Waals surface area contributed by atoms with Crippen molar-refractivity contribution in [2.24, 2.45) is 0 Å². The van der Waals surface area contributed by atoms with Gasteiger partial charge in [-0.05, 0) is 47.7 Å². The number of rotatable bonds is 5. The molecule has 8 heteroatoms. The lowest BCUT2D eigenvalue weighted by Gasteiger charge is -2.41. The van der Waals surface area contributed by atoms with Gasteiger partial charge in [0.2, 0.25) is 5.76 Å². The molecule has 0 aromatic heterocycles. The van der Waals surface area contributed by atoms with Crippen molar-refractivity contribution in [1.29, 1.82) is 0 Å². The van der Waals surface area contributed by atoms with E-state index in [1.807, 2.05) is 51.1 Å². The summed E-state index contributed by atoms with van der Waals surface area (Å²) in [6.45, 7) is 16.8. The molecule has 3 rings (SSSR count). The molecule has 0 amide bonds. The minimum Gasteiger partial charge on any atom is -0.465 e. The summed E-state index contributed by atoms with van der Waals surface area (Å²) in [4.78, 5) is 44.9. The zero-order valence-corrected chi connectivity index (χ0v) is 23.9. The quantitative estimate of drug-likeness (QED) is 0.317. The average Bonchev–Trinajstić information content (AvgIpc) is 3.23. The number of hydrogen-bond donors (Lipinski definition) is 0. The van der Waals surface area contributed by atoms with Crippen molar-refractivity contribution in [2.75, 3.05) is 14.2 Å². The van der Waals surface area contributed by atoms with E-state index in [0.29, 0.717) is 5.56 Å². The van der Waals surface area contributed by atoms with Crippen LogP contribution < -0.4 is 5.19 Å². The molecule has 0 aromatic rings. The van der Waals surface area contributed by atoms with E-state index in [1.54, 1.807) is 5.06 Å². The van der Waals surface area contributed by atoms with Crippen molar-refractivity contribution in [2.45, 2.75) is 71.3 Å². The van der Waals surface area contributed by atoms with Crippen LogP contribution in [0.15, 0.2) is 41.7 Å². The number of aldehydes is 1. The Bertz CT molecular complexity index is 1200. The monoisotopic (exact) mass is 511 g/mol. The molecule has 0 aromatic carbocycles. The Morgan fingerprint density at radius 3 is 1.97 bits per heavy atom. The van der Waals surface area contributed by atoms with E-state index in [9.17, 15) is 14.4 Å². The van der Waals surface area contributed by atoms with Crippen LogP contribution in [0.2, 0.25) is 18.1 Å². The fraction of sp³-hybridized carbons (Fsp3) is 0.464. The normalized spacial score (nSPS) is 17.2. The summed E-state index contributed by atoms with van der Waals surface area (Å²) in [7, 11) is 0.122. The zero-order chi connectivity index (χ0) is 27.2. The van der Waals surface area contributed by atoms with Gasteiger partial charge in [0.25, 0.3) is 0 Å². The van der Waals surface area contributed by atoms with Crippen LogP contribution in [0.25, 0.3) is 11.1 Å². The third kappa shape index (κ3) is 4.37. The van der Waals surface area contributed by atoms with Crippen LogP contribution in [-0.2, 0) is 23.9 Å². The van der Waals surface area contributed by atoms with Gasteiger partial charge in [0.1, 0.15) is 11.6 Å². The third-order valence-corrected chi connectivity index (χ3v) is 13.0. The van der Waals surface area contributed by atoms with Gasteiger partial charge in [-0.15, -0.1) is 5.06 Å². The van der Waals surface area contributed by atoms with Crippen LogP contribution in [-0.4, -0.2) is 51.1 Å². The highest BCUT2D eigenvalue weighted by Gasteiger charge is 2.53. The first-order valence-corrected chi connectivity index (χ1v) is 15.0. The second-order valence-electron chi connectivity index (χ2n) is 11.6. The van der Waals surface area contributed by atoms with E-state index in [1.165, 1.54) is 14.2 Å². The lowest BCUT2D eigenvalue weighted by Crippen LogP contribution is -2.53. The molecular formula is C28H37NO6Si. The van der Waals surface area contributed by atoms with Crippen molar-refractivity contribution in [3.63, 3.8) is 0 Å². The van der Waals surface area contributed by atoms with Gasteiger partial charge in [-0.1, -0.05) is 64.2 Å². The SMILES string of the molecule is COC(=O)C1=C(C(=O)OC)C(c2c3cccccc-3c(C=O)c2[Si](C)(C)C(C)(C)C)N(C(C)(C)C)O1. The molecule has 194 valence electrons. The van der Waals surface area contributed by atoms with Crippen molar-refractivity contribution < 1.29 is 28.7 Å². The molecule has 7 nitrogen and oxygen atoms in total. The molecule has 0 saturated carbocycles. The minimum atomic E-state index is -2.39. The molecule has 0 bridgehead atoms. The topological polar surface area (TPSA) is 82.1 Å². The van der Waals surface area contributed by atoms with Gasteiger partial charge >= 0.3 is 11.9 Å². The minimum absolute atomic E-state index is 0.0649. The predicted molar refractivity (Wildman–Crippen MR) is 142 cm³/mol. The maximum atomic E-state index is 13.3. The lowest BCUT2D eigenvalue weighted by atomic mass is 9.93. The largest absolute Gasteiger partial charge is 0.465 e. The van der Waals surface area contributed by atoms with E-state index in [0.717, 1.165) is 28.2 Å². The fourth-order valence-corrected chi connectivity index (χ4v) is 7.23. The van der Waals surface area contributed by atoms with Crippen LogP contribution in [0.5, 0.6) is 0 Å². The number of carbonyl (C=O) groups excluding carboxylic acids is 3. The molecule has 2 aliphatic carbocycles. The Morgan fingerprint density at radius 2 is 1.50 bits per heavy atom. The maximum Gasteiger partial charge on any atom is 0.376 e. The zero-order valence-electron chi connectivity index (χ0n) is 22.9. The van der Waals surface area contributed by atoms with Crippen LogP contribution >= 0.6 is 0 Å². The first-order chi connectivity index (χ1) is 16.6. The first kappa shape index (κ1) is 27.6. The number of hydroxylamine groups is 2.